The summed E-state index contributed by atoms with van der Waals surface area (Å²) in [5.41, 5.74) is 1.99. The van der Waals surface area contributed by atoms with Crippen molar-refractivity contribution >= 4 is 29.4 Å². The molecule has 2 saturated heterocycles. The molecule has 2 fully saturated rings. The van der Waals surface area contributed by atoms with E-state index in [1.807, 2.05) is 36.1 Å². The van der Waals surface area contributed by atoms with Crippen LogP contribution in [-0.4, -0.2) is 52.0 Å². The van der Waals surface area contributed by atoms with Gasteiger partial charge in [-0.1, -0.05) is 24.3 Å². The second kappa shape index (κ2) is 8.06. The smallest absolute Gasteiger partial charge is 0.321 e. The second-order valence-corrected chi connectivity index (χ2v) is 8.97. The van der Waals surface area contributed by atoms with Crippen LogP contribution in [0.4, 0.5) is 14.9 Å². The molecule has 4 rings (SSSR count). The van der Waals surface area contributed by atoms with Crippen LogP contribution in [0.25, 0.3) is 0 Å². The summed E-state index contributed by atoms with van der Waals surface area (Å²) in [6.45, 7) is 3.71. The Balaban J connectivity index is 1.43. The molecule has 2 heterocycles. The van der Waals surface area contributed by atoms with Crippen molar-refractivity contribution < 1.29 is 14.0 Å². The van der Waals surface area contributed by atoms with Crippen molar-refractivity contribution in [3.05, 3.63) is 65.5 Å². The molecule has 2 aromatic carbocycles. The van der Waals surface area contributed by atoms with Crippen molar-refractivity contribution in [3.63, 3.8) is 0 Å². The number of likely N-dealkylation sites (tertiary alicyclic amines) is 1. The zero-order chi connectivity index (χ0) is 20.4. The van der Waals surface area contributed by atoms with Gasteiger partial charge in [0.15, 0.2) is 0 Å². The molecule has 5 nitrogen and oxygen atoms in total. The summed E-state index contributed by atoms with van der Waals surface area (Å²) in [7, 11) is 0. The molecule has 29 heavy (non-hydrogen) atoms. The highest BCUT2D eigenvalue weighted by Gasteiger charge is 2.47. The molecular formula is C22H24FN3O2S. The number of anilines is 1. The van der Waals surface area contributed by atoms with E-state index in [1.165, 1.54) is 6.07 Å². The van der Waals surface area contributed by atoms with Crippen molar-refractivity contribution in [2.24, 2.45) is 0 Å². The Hall–Kier alpha value is -2.54. The number of nitrogens with zero attached hydrogens (tertiary/aromatic N) is 2. The molecule has 0 aromatic heterocycles. The fourth-order valence-corrected chi connectivity index (χ4v) is 5.53. The number of carbonyl (C=O) groups is 2. The van der Waals surface area contributed by atoms with Crippen LogP contribution < -0.4 is 5.32 Å². The van der Waals surface area contributed by atoms with Gasteiger partial charge in [0.25, 0.3) is 5.91 Å². The average Bonchev–Trinajstić information content (AvgIpc) is 3.11. The zero-order valence-corrected chi connectivity index (χ0v) is 17.2. The topological polar surface area (TPSA) is 52.7 Å². The molecule has 2 aliphatic heterocycles. The lowest BCUT2D eigenvalue weighted by Gasteiger charge is -2.44. The Labute approximate surface area is 174 Å². The van der Waals surface area contributed by atoms with E-state index in [-0.39, 0.29) is 22.4 Å². The fourth-order valence-electron chi connectivity index (χ4n) is 4.07. The largest absolute Gasteiger partial charge is 0.324 e. The van der Waals surface area contributed by atoms with E-state index in [0.717, 1.165) is 17.0 Å². The minimum Gasteiger partial charge on any atom is -0.324 e. The van der Waals surface area contributed by atoms with Crippen LogP contribution in [0.1, 0.15) is 28.8 Å². The van der Waals surface area contributed by atoms with E-state index >= 15 is 0 Å². The van der Waals surface area contributed by atoms with Gasteiger partial charge in [-0.05, 0) is 49.6 Å². The van der Waals surface area contributed by atoms with Crippen LogP contribution in [0.5, 0.6) is 0 Å². The van der Waals surface area contributed by atoms with Crippen LogP contribution in [0.15, 0.2) is 48.5 Å². The second-order valence-electron chi connectivity index (χ2n) is 7.52. The molecule has 3 amide bonds. The molecule has 0 radical (unpaired) electrons. The Morgan fingerprint density at radius 2 is 1.83 bits per heavy atom. The Morgan fingerprint density at radius 1 is 1.07 bits per heavy atom. The lowest BCUT2D eigenvalue weighted by molar-refractivity contribution is 0.0581. The van der Waals surface area contributed by atoms with Crippen molar-refractivity contribution in [3.8, 4) is 0 Å². The van der Waals surface area contributed by atoms with E-state index in [1.54, 1.807) is 34.9 Å². The van der Waals surface area contributed by atoms with E-state index in [9.17, 15) is 14.0 Å². The molecule has 0 aliphatic carbocycles. The van der Waals surface area contributed by atoms with Crippen molar-refractivity contribution in [2.45, 2.75) is 24.6 Å². The van der Waals surface area contributed by atoms with Gasteiger partial charge in [-0.2, -0.15) is 0 Å². The van der Waals surface area contributed by atoms with Gasteiger partial charge in [-0.3, -0.25) is 4.79 Å². The first-order valence-corrected chi connectivity index (χ1v) is 10.8. The molecule has 1 N–H and O–H groups in total. The van der Waals surface area contributed by atoms with Crippen molar-refractivity contribution in [2.75, 3.05) is 30.7 Å². The van der Waals surface area contributed by atoms with E-state index < -0.39 is 5.82 Å². The number of rotatable bonds is 2. The van der Waals surface area contributed by atoms with Gasteiger partial charge in [-0.25, -0.2) is 9.18 Å². The van der Waals surface area contributed by atoms with Gasteiger partial charge in [0.1, 0.15) is 5.82 Å². The first kappa shape index (κ1) is 19.8. The Kier molecular flexibility index (Phi) is 5.50. The van der Waals surface area contributed by atoms with E-state index in [0.29, 0.717) is 32.5 Å². The standard InChI is InChI=1S/C22H24FN3O2S/c1-16-5-4-6-17(15-16)24-21(28)25-11-9-22(10-12-25)26(13-14-29-22)20(27)18-7-2-3-8-19(18)23/h2-8,15H,9-14H2,1H3,(H,24,28). The number of thioether (sulfide) groups is 1. The fraction of sp³-hybridized carbons (Fsp3) is 0.364. The third kappa shape index (κ3) is 3.96. The number of urea groups is 1. The molecule has 0 unspecified atom stereocenters. The number of benzene rings is 2. The molecule has 152 valence electrons. The molecule has 0 saturated carbocycles. The lowest BCUT2D eigenvalue weighted by atomic mass is 10.0. The van der Waals surface area contributed by atoms with Crippen molar-refractivity contribution in [1.29, 1.82) is 0 Å². The molecule has 0 atom stereocenters. The first-order chi connectivity index (χ1) is 14.0. The summed E-state index contributed by atoms with van der Waals surface area (Å²) < 4.78 is 14.1. The van der Waals surface area contributed by atoms with Gasteiger partial charge >= 0.3 is 6.03 Å². The highest BCUT2D eigenvalue weighted by Crippen LogP contribution is 2.44. The Morgan fingerprint density at radius 3 is 2.55 bits per heavy atom. The molecule has 2 aromatic rings. The predicted octanol–water partition coefficient (Wildman–Crippen LogP) is 4.35. The molecule has 0 bridgehead atoms. The SMILES string of the molecule is Cc1cccc(NC(=O)N2CCC3(CC2)SCCN3C(=O)c2ccccc2F)c1. The highest BCUT2D eigenvalue weighted by molar-refractivity contribution is 8.00. The molecule has 2 aliphatic rings. The van der Waals surface area contributed by atoms with E-state index in [4.69, 9.17) is 0 Å². The van der Waals surface area contributed by atoms with Gasteiger partial charge in [0.05, 0.1) is 10.4 Å². The van der Waals surface area contributed by atoms with Crippen LogP contribution in [0, 0.1) is 12.7 Å². The van der Waals surface area contributed by atoms with Crippen LogP contribution >= 0.6 is 11.8 Å². The highest BCUT2D eigenvalue weighted by atomic mass is 32.2. The summed E-state index contributed by atoms with van der Waals surface area (Å²) in [4.78, 5) is 28.9. The third-order valence-electron chi connectivity index (χ3n) is 5.63. The summed E-state index contributed by atoms with van der Waals surface area (Å²) in [6.07, 6.45) is 1.36. The number of hydrogen-bond acceptors (Lipinski definition) is 3. The van der Waals surface area contributed by atoms with Gasteiger partial charge < -0.3 is 15.1 Å². The quantitative estimate of drug-likeness (QED) is 0.797. The number of aryl methyl sites for hydroxylation is 1. The predicted molar refractivity (Wildman–Crippen MR) is 114 cm³/mol. The summed E-state index contributed by atoms with van der Waals surface area (Å²) in [5, 5.41) is 2.95. The number of carbonyl (C=O) groups excluding carboxylic acids is 2. The van der Waals surface area contributed by atoms with Crippen LogP contribution in [0.3, 0.4) is 0 Å². The summed E-state index contributed by atoms with van der Waals surface area (Å²) in [5.74, 6) is 0.0839. The lowest BCUT2D eigenvalue weighted by Crippen LogP contribution is -2.54. The molecule has 7 heteroatoms. The summed E-state index contributed by atoms with van der Waals surface area (Å²) >= 11 is 1.75. The number of amides is 3. The minimum absolute atomic E-state index is 0.119. The van der Waals surface area contributed by atoms with E-state index in [2.05, 4.69) is 5.32 Å². The number of nitrogens with one attached hydrogen (secondary N) is 1. The average molecular weight is 414 g/mol. The monoisotopic (exact) mass is 413 g/mol. The minimum atomic E-state index is -0.487. The van der Waals surface area contributed by atoms with Crippen LogP contribution in [0.2, 0.25) is 0 Å². The molecule has 1 spiro atoms. The van der Waals surface area contributed by atoms with Gasteiger partial charge in [0.2, 0.25) is 0 Å². The third-order valence-corrected chi connectivity index (χ3v) is 7.18. The Bertz CT molecular complexity index is 928. The first-order valence-electron chi connectivity index (χ1n) is 9.82. The normalized spacial score (nSPS) is 18.1. The van der Waals surface area contributed by atoms with Crippen molar-refractivity contribution in [1.82, 2.24) is 9.80 Å². The zero-order valence-electron chi connectivity index (χ0n) is 16.4. The maximum absolute atomic E-state index is 14.1. The maximum Gasteiger partial charge on any atom is 0.321 e. The molecular weight excluding hydrogens is 389 g/mol. The number of halogens is 1. The van der Waals surface area contributed by atoms with Crippen LogP contribution in [-0.2, 0) is 0 Å². The number of hydrogen-bond donors (Lipinski definition) is 1. The summed E-state index contributed by atoms with van der Waals surface area (Å²) in [6, 6.07) is 13.7. The number of piperidine rings is 1. The van der Waals surface area contributed by atoms with Gasteiger partial charge in [0, 0.05) is 31.1 Å². The van der Waals surface area contributed by atoms with Gasteiger partial charge in [-0.15, -0.1) is 11.8 Å². The maximum atomic E-state index is 14.1.